The Hall–Kier alpha value is -2.62. The van der Waals surface area contributed by atoms with Gasteiger partial charge in [-0.25, -0.2) is 14.8 Å². The van der Waals surface area contributed by atoms with E-state index >= 15 is 0 Å². The SMILES string of the molecule is CN1CCN(c2ccc(Nc3ncc(Cl)c(CN4CCC(C)(OC(N)=O)CC4)n3)cc2)CC1. The van der Waals surface area contributed by atoms with Crippen LogP contribution in [0.5, 0.6) is 0 Å². The molecule has 0 radical (unpaired) electrons. The lowest BCUT2D eigenvalue weighted by molar-refractivity contribution is -0.0200. The second-order valence-electron chi connectivity index (χ2n) is 9.10. The van der Waals surface area contributed by atoms with E-state index in [-0.39, 0.29) is 0 Å². The molecule has 0 atom stereocenters. The number of benzene rings is 1. The number of likely N-dealkylation sites (N-methyl/N-ethyl adjacent to an activating group) is 1. The van der Waals surface area contributed by atoms with Gasteiger partial charge in [0.05, 0.1) is 16.9 Å². The molecule has 0 unspecified atom stereocenters. The first-order valence-corrected chi connectivity index (χ1v) is 11.7. The minimum atomic E-state index is -0.725. The number of piperidine rings is 1. The monoisotopic (exact) mass is 473 g/mol. The van der Waals surface area contributed by atoms with Crippen LogP contribution >= 0.6 is 11.6 Å². The maximum absolute atomic E-state index is 11.1. The average molecular weight is 474 g/mol. The average Bonchev–Trinajstić information content (AvgIpc) is 2.78. The van der Waals surface area contributed by atoms with Gasteiger partial charge in [0, 0.05) is 57.2 Å². The number of nitrogens with one attached hydrogen (secondary N) is 1. The van der Waals surface area contributed by atoms with E-state index in [2.05, 4.69) is 61.3 Å². The third-order valence-corrected chi connectivity index (χ3v) is 6.76. The second kappa shape index (κ2) is 10.1. The quantitative estimate of drug-likeness (QED) is 0.660. The standard InChI is InChI=1S/C23H32ClN7O2/c1-23(33-21(25)32)7-9-30(10-8-23)16-20-19(24)15-26-22(28-20)27-17-3-5-18(6-4-17)31-13-11-29(2)12-14-31/h3-6,15H,7-14,16H2,1-2H3,(H2,25,32)(H,26,27,28). The number of piperazine rings is 1. The van der Waals surface area contributed by atoms with Crippen LogP contribution < -0.4 is 16.0 Å². The summed E-state index contributed by atoms with van der Waals surface area (Å²) in [6.07, 6.45) is 2.33. The summed E-state index contributed by atoms with van der Waals surface area (Å²) in [4.78, 5) is 27.1. The number of nitrogens with zero attached hydrogens (tertiary/aromatic N) is 5. The Balaban J connectivity index is 1.35. The molecule has 4 rings (SSSR count). The van der Waals surface area contributed by atoms with Crippen LogP contribution in [0.1, 0.15) is 25.5 Å². The molecule has 2 fully saturated rings. The van der Waals surface area contributed by atoms with Crippen molar-refractivity contribution in [2.45, 2.75) is 31.9 Å². The van der Waals surface area contributed by atoms with E-state index in [0.717, 1.165) is 50.6 Å². The van der Waals surface area contributed by atoms with E-state index in [4.69, 9.17) is 22.1 Å². The zero-order valence-corrected chi connectivity index (χ0v) is 20.0. The van der Waals surface area contributed by atoms with Gasteiger partial charge in [0.2, 0.25) is 5.95 Å². The van der Waals surface area contributed by atoms with Crippen molar-refractivity contribution in [3.63, 3.8) is 0 Å². The summed E-state index contributed by atoms with van der Waals surface area (Å²) < 4.78 is 5.28. The zero-order chi connectivity index (χ0) is 23.4. The first kappa shape index (κ1) is 23.5. The van der Waals surface area contributed by atoms with Crippen LogP contribution in [0.4, 0.5) is 22.1 Å². The number of carbonyl (C=O) groups is 1. The number of nitrogens with two attached hydrogens (primary N) is 1. The number of hydrogen-bond donors (Lipinski definition) is 2. The fourth-order valence-electron chi connectivity index (χ4n) is 4.26. The molecule has 0 saturated carbocycles. The lowest BCUT2D eigenvalue weighted by Crippen LogP contribution is -2.45. The van der Waals surface area contributed by atoms with Gasteiger partial charge in [-0.15, -0.1) is 0 Å². The maximum Gasteiger partial charge on any atom is 0.405 e. The highest BCUT2D eigenvalue weighted by Crippen LogP contribution is 2.28. The first-order valence-electron chi connectivity index (χ1n) is 11.3. The molecule has 0 bridgehead atoms. The predicted molar refractivity (Wildman–Crippen MR) is 130 cm³/mol. The molecule has 0 spiro atoms. The van der Waals surface area contributed by atoms with Gasteiger partial charge >= 0.3 is 6.09 Å². The van der Waals surface area contributed by atoms with E-state index in [0.29, 0.717) is 30.4 Å². The largest absolute Gasteiger partial charge is 0.443 e. The van der Waals surface area contributed by atoms with Gasteiger partial charge in [-0.05, 0) is 51.1 Å². The van der Waals surface area contributed by atoms with Gasteiger partial charge in [0.15, 0.2) is 0 Å². The van der Waals surface area contributed by atoms with E-state index < -0.39 is 11.7 Å². The molecule has 1 aromatic carbocycles. The summed E-state index contributed by atoms with van der Waals surface area (Å²) >= 11 is 6.39. The van der Waals surface area contributed by atoms with Gasteiger partial charge in [0.25, 0.3) is 0 Å². The van der Waals surface area contributed by atoms with Crippen LogP contribution in [0, 0.1) is 0 Å². The highest BCUT2D eigenvalue weighted by atomic mass is 35.5. The molecule has 9 nitrogen and oxygen atoms in total. The van der Waals surface area contributed by atoms with Crippen LogP contribution in [0.2, 0.25) is 5.02 Å². The molecule has 1 amide bonds. The molecule has 3 heterocycles. The summed E-state index contributed by atoms with van der Waals surface area (Å²) in [6, 6.07) is 8.36. The number of rotatable bonds is 6. The molecule has 0 aliphatic carbocycles. The molecule has 2 aliphatic rings. The first-order chi connectivity index (χ1) is 15.8. The van der Waals surface area contributed by atoms with Crippen molar-refractivity contribution in [3.05, 3.63) is 41.2 Å². The fraction of sp³-hybridized carbons (Fsp3) is 0.522. The maximum atomic E-state index is 11.1. The molecule has 2 aliphatic heterocycles. The summed E-state index contributed by atoms with van der Waals surface area (Å²) in [6.45, 7) is 8.29. The Bertz CT molecular complexity index is 956. The third-order valence-electron chi connectivity index (χ3n) is 6.44. The number of primary amides is 1. The molecule has 2 aromatic rings. The van der Waals surface area contributed by atoms with Crippen molar-refractivity contribution in [1.82, 2.24) is 19.8 Å². The van der Waals surface area contributed by atoms with Crippen LogP contribution in [0.3, 0.4) is 0 Å². The molecular weight excluding hydrogens is 442 g/mol. The Labute approximate surface area is 199 Å². The van der Waals surface area contributed by atoms with Crippen molar-refractivity contribution < 1.29 is 9.53 Å². The van der Waals surface area contributed by atoms with Crippen molar-refractivity contribution in [1.29, 1.82) is 0 Å². The normalized spacial score (nSPS) is 19.3. The Kier molecular flexibility index (Phi) is 7.21. The van der Waals surface area contributed by atoms with Crippen LogP contribution in [0.15, 0.2) is 30.5 Å². The van der Waals surface area contributed by atoms with E-state index in [1.165, 1.54) is 5.69 Å². The molecule has 2 saturated heterocycles. The summed E-state index contributed by atoms with van der Waals surface area (Å²) in [7, 11) is 2.16. The number of ether oxygens (including phenoxy) is 1. The Morgan fingerprint density at radius 3 is 2.45 bits per heavy atom. The Morgan fingerprint density at radius 1 is 1.15 bits per heavy atom. The van der Waals surface area contributed by atoms with E-state index in [1.54, 1.807) is 6.20 Å². The number of amides is 1. The number of halogens is 1. The molecule has 178 valence electrons. The molecule has 1 aromatic heterocycles. The second-order valence-corrected chi connectivity index (χ2v) is 9.50. The van der Waals surface area contributed by atoms with Gasteiger partial charge in [-0.3, -0.25) is 4.90 Å². The summed E-state index contributed by atoms with van der Waals surface area (Å²) in [5.74, 6) is 0.514. The van der Waals surface area contributed by atoms with Gasteiger partial charge in [-0.2, -0.15) is 0 Å². The zero-order valence-electron chi connectivity index (χ0n) is 19.3. The van der Waals surface area contributed by atoms with Gasteiger partial charge in [0.1, 0.15) is 5.60 Å². The Morgan fingerprint density at radius 2 is 1.82 bits per heavy atom. The van der Waals surface area contributed by atoms with E-state index in [1.807, 2.05) is 6.92 Å². The van der Waals surface area contributed by atoms with Crippen molar-refractivity contribution in [2.75, 3.05) is 56.5 Å². The van der Waals surface area contributed by atoms with Gasteiger partial charge in [-0.1, -0.05) is 11.6 Å². The summed E-state index contributed by atoms with van der Waals surface area (Å²) in [5, 5.41) is 3.82. The third kappa shape index (κ3) is 6.25. The number of likely N-dealkylation sites (tertiary alicyclic amines) is 1. The van der Waals surface area contributed by atoms with E-state index in [9.17, 15) is 4.79 Å². The number of anilines is 3. The lowest BCUT2D eigenvalue weighted by atomic mass is 9.93. The molecule has 33 heavy (non-hydrogen) atoms. The van der Waals surface area contributed by atoms with Crippen molar-refractivity contribution in [3.8, 4) is 0 Å². The molecule has 3 N–H and O–H groups in total. The number of aromatic nitrogens is 2. The van der Waals surface area contributed by atoms with Crippen molar-refractivity contribution >= 4 is 35.0 Å². The topological polar surface area (TPSA) is 99.9 Å². The lowest BCUT2D eigenvalue weighted by Gasteiger charge is -2.38. The highest BCUT2D eigenvalue weighted by Gasteiger charge is 2.33. The van der Waals surface area contributed by atoms with Crippen LogP contribution in [-0.2, 0) is 11.3 Å². The highest BCUT2D eigenvalue weighted by molar-refractivity contribution is 6.31. The van der Waals surface area contributed by atoms with Crippen LogP contribution in [-0.4, -0.2) is 77.8 Å². The smallest absolute Gasteiger partial charge is 0.405 e. The minimum Gasteiger partial charge on any atom is -0.443 e. The number of hydrogen-bond acceptors (Lipinski definition) is 8. The fourth-order valence-corrected chi connectivity index (χ4v) is 4.41. The number of carbonyl (C=O) groups excluding carboxylic acids is 1. The van der Waals surface area contributed by atoms with Crippen LogP contribution in [0.25, 0.3) is 0 Å². The minimum absolute atomic E-state index is 0.513. The van der Waals surface area contributed by atoms with Gasteiger partial charge < -0.3 is 25.6 Å². The van der Waals surface area contributed by atoms with Crippen molar-refractivity contribution in [2.24, 2.45) is 5.73 Å². The predicted octanol–water partition coefficient (Wildman–Crippen LogP) is 3.08. The summed E-state index contributed by atoms with van der Waals surface area (Å²) in [5.41, 5.74) is 7.61. The molecule has 10 heteroatoms. The molecular formula is C23H32ClN7O2.